The molecule has 0 unspecified atom stereocenters. The Morgan fingerprint density at radius 3 is 2.64 bits per heavy atom. The number of ether oxygens (including phenoxy) is 1. The van der Waals surface area contributed by atoms with E-state index in [0.29, 0.717) is 0 Å². The van der Waals surface area contributed by atoms with Gasteiger partial charge in [-0.05, 0) is 25.5 Å². The van der Waals surface area contributed by atoms with E-state index in [1.165, 1.54) is 24.3 Å². The second-order valence-corrected chi connectivity index (χ2v) is 4.23. The summed E-state index contributed by atoms with van der Waals surface area (Å²) < 4.78 is 18.1. The maximum absolute atomic E-state index is 13.5. The number of aliphatic carboxylic acids is 1. The number of nitrogens with one attached hydrogen (secondary N) is 1. The van der Waals surface area contributed by atoms with Crippen LogP contribution < -0.4 is 5.32 Å². The molecular formula is C15H16FNO5. The van der Waals surface area contributed by atoms with E-state index in [1.54, 1.807) is 6.92 Å². The van der Waals surface area contributed by atoms with Gasteiger partial charge in [-0.15, -0.1) is 0 Å². The Kier molecular flexibility index (Phi) is 6.75. The lowest BCUT2D eigenvalue weighted by atomic mass is 10.1. The average Bonchev–Trinajstić information content (AvgIpc) is 2.46. The lowest BCUT2D eigenvalue weighted by molar-refractivity contribution is -0.139. The summed E-state index contributed by atoms with van der Waals surface area (Å²) in [6, 6.07) is 3.96. The van der Waals surface area contributed by atoms with Gasteiger partial charge in [0.15, 0.2) is 0 Å². The van der Waals surface area contributed by atoms with Crippen LogP contribution in [-0.2, 0) is 14.3 Å². The van der Waals surface area contributed by atoms with Crippen LogP contribution in [0, 0.1) is 5.82 Å². The first-order valence-electron chi connectivity index (χ1n) is 6.57. The molecule has 0 aliphatic carbocycles. The first kappa shape index (κ1) is 17.4. The molecule has 2 N–H and O–H groups in total. The highest BCUT2D eigenvalue weighted by Crippen LogP contribution is 2.07. The summed E-state index contributed by atoms with van der Waals surface area (Å²) in [5.41, 5.74) is -0.247. The fourth-order valence-corrected chi connectivity index (χ4v) is 1.59. The third kappa shape index (κ3) is 5.35. The number of esters is 1. The molecule has 1 atom stereocenters. The van der Waals surface area contributed by atoms with E-state index in [-0.39, 0.29) is 18.6 Å². The minimum atomic E-state index is -1.29. The summed E-state index contributed by atoms with van der Waals surface area (Å²) in [4.78, 5) is 34.0. The molecule has 118 valence electrons. The molecule has 6 nitrogen and oxygen atoms in total. The van der Waals surface area contributed by atoms with Crippen LogP contribution in [-0.4, -0.2) is 35.6 Å². The number of rotatable bonds is 7. The van der Waals surface area contributed by atoms with Gasteiger partial charge in [0.25, 0.3) is 5.91 Å². The molecule has 0 heterocycles. The number of amides is 1. The van der Waals surface area contributed by atoms with Crippen molar-refractivity contribution >= 4 is 17.8 Å². The van der Waals surface area contributed by atoms with Gasteiger partial charge in [0.1, 0.15) is 11.9 Å². The second kappa shape index (κ2) is 8.56. The van der Waals surface area contributed by atoms with Crippen molar-refractivity contribution in [3.05, 3.63) is 47.8 Å². The third-order valence-corrected chi connectivity index (χ3v) is 2.63. The zero-order valence-electron chi connectivity index (χ0n) is 11.9. The van der Waals surface area contributed by atoms with E-state index >= 15 is 0 Å². The Labute approximate surface area is 126 Å². The molecule has 7 heteroatoms. The smallest absolute Gasteiger partial charge is 0.330 e. The largest absolute Gasteiger partial charge is 0.480 e. The van der Waals surface area contributed by atoms with Crippen molar-refractivity contribution in [3.63, 3.8) is 0 Å². The number of benzene rings is 1. The molecule has 0 saturated carbocycles. The number of hydrogen-bond acceptors (Lipinski definition) is 4. The summed E-state index contributed by atoms with van der Waals surface area (Å²) in [6.45, 7) is 1.84. The van der Waals surface area contributed by atoms with Crippen molar-refractivity contribution in [1.29, 1.82) is 0 Å². The summed E-state index contributed by atoms with van der Waals surface area (Å²) in [5, 5.41) is 11.2. The topological polar surface area (TPSA) is 92.7 Å². The zero-order valence-corrected chi connectivity index (χ0v) is 11.9. The van der Waals surface area contributed by atoms with Crippen LogP contribution in [0.2, 0.25) is 0 Å². The first-order valence-corrected chi connectivity index (χ1v) is 6.57. The van der Waals surface area contributed by atoms with Crippen LogP contribution in [0.3, 0.4) is 0 Å². The zero-order chi connectivity index (χ0) is 16.5. The third-order valence-electron chi connectivity index (χ3n) is 2.63. The lowest BCUT2D eigenvalue weighted by Gasteiger charge is -2.12. The number of halogens is 1. The van der Waals surface area contributed by atoms with Crippen LogP contribution in [0.5, 0.6) is 0 Å². The minimum absolute atomic E-state index is 0.131. The monoisotopic (exact) mass is 309 g/mol. The number of carboxylic acid groups (broad SMARTS) is 1. The normalized spacial score (nSPS) is 11.9. The standard InChI is InChI=1S/C15H16FNO5/c1-2-22-13(18)9-5-8-12(15(20)21)17-14(19)10-6-3-4-7-11(10)16/h3-7,9,12H,2,8H2,1H3,(H,17,19)(H,20,21)/b9-5+/t12-/m1/s1. The van der Waals surface area contributed by atoms with E-state index in [1.807, 2.05) is 0 Å². The van der Waals surface area contributed by atoms with Crippen LogP contribution >= 0.6 is 0 Å². The van der Waals surface area contributed by atoms with Gasteiger partial charge in [-0.3, -0.25) is 4.79 Å². The Hall–Kier alpha value is -2.70. The lowest BCUT2D eigenvalue weighted by Crippen LogP contribution is -2.40. The fraction of sp³-hybridized carbons (Fsp3) is 0.267. The van der Waals surface area contributed by atoms with Crippen molar-refractivity contribution in [2.24, 2.45) is 0 Å². The predicted molar refractivity (Wildman–Crippen MR) is 75.7 cm³/mol. The minimum Gasteiger partial charge on any atom is -0.480 e. The van der Waals surface area contributed by atoms with Gasteiger partial charge in [-0.1, -0.05) is 18.2 Å². The molecule has 0 aliphatic rings. The van der Waals surface area contributed by atoms with Crippen molar-refractivity contribution in [2.75, 3.05) is 6.61 Å². The van der Waals surface area contributed by atoms with Crippen LogP contribution in [0.1, 0.15) is 23.7 Å². The summed E-state index contributed by atoms with van der Waals surface area (Å²) in [7, 11) is 0. The molecule has 0 radical (unpaired) electrons. The van der Waals surface area contributed by atoms with Gasteiger partial charge in [0.2, 0.25) is 0 Å². The van der Waals surface area contributed by atoms with Crippen molar-refractivity contribution < 1.29 is 28.6 Å². The summed E-state index contributed by atoms with van der Waals surface area (Å²) in [5.74, 6) is -3.48. The van der Waals surface area contributed by atoms with Gasteiger partial charge in [-0.25, -0.2) is 14.0 Å². The summed E-state index contributed by atoms with van der Waals surface area (Å²) >= 11 is 0. The van der Waals surface area contributed by atoms with Gasteiger partial charge in [0.05, 0.1) is 12.2 Å². The molecule has 1 aromatic carbocycles. The molecule has 0 aliphatic heterocycles. The van der Waals surface area contributed by atoms with Crippen molar-refractivity contribution in [1.82, 2.24) is 5.32 Å². The van der Waals surface area contributed by atoms with E-state index in [4.69, 9.17) is 5.11 Å². The second-order valence-electron chi connectivity index (χ2n) is 4.23. The molecule has 1 amide bonds. The number of carbonyl (C=O) groups excluding carboxylic acids is 2. The molecule has 1 rings (SSSR count). The maximum atomic E-state index is 13.5. The predicted octanol–water partition coefficient (Wildman–Crippen LogP) is 1.52. The Bertz CT molecular complexity index is 585. The van der Waals surface area contributed by atoms with E-state index < -0.39 is 29.7 Å². The van der Waals surface area contributed by atoms with Gasteiger partial charge in [-0.2, -0.15) is 0 Å². The van der Waals surface area contributed by atoms with Crippen LogP contribution in [0.15, 0.2) is 36.4 Å². The molecule has 0 saturated heterocycles. The number of hydrogen-bond donors (Lipinski definition) is 2. The number of carbonyl (C=O) groups is 3. The van der Waals surface area contributed by atoms with Gasteiger partial charge < -0.3 is 15.2 Å². The fourth-order valence-electron chi connectivity index (χ4n) is 1.59. The molecular weight excluding hydrogens is 293 g/mol. The van der Waals surface area contributed by atoms with E-state index in [2.05, 4.69) is 10.1 Å². The van der Waals surface area contributed by atoms with E-state index in [9.17, 15) is 18.8 Å². The first-order chi connectivity index (χ1) is 10.5. The van der Waals surface area contributed by atoms with Crippen LogP contribution in [0.4, 0.5) is 4.39 Å². The molecule has 0 aromatic heterocycles. The van der Waals surface area contributed by atoms with E-state index in [0.717, 1.165) is 12.1 Å². The Morgan fingerprint density at radius 2 is 2.05 bits per heavy atom. The highest BCUT2D eigenvalue weighted by atomic mass is 19.1. The average molecular weight is 309 g/mol. The number of carboxylic acids is 1. The van der Waals surface area contributed by atoms with Gasteiger partial charge >= 0.3 is 11.9 Å². The quantitative estimate of drug-likeness (QED) is 0.588. The maximum Gasteiger partial charge on any atom is 0.330 e. The SMILES string of the molecule is CCOC(=O)/C=C/C[C@@H](NC(=O)c1ccccc1F)C(=O)O. The Balaban J connectivity index is 2.69. The molecule has 1 aromatic rings. The van der Waals surface area contributed by atoms with Crippen molar-refractivity contribution in [3.8, 4) is 0 Å². The van der Waals surface area contributed by atoms with Gasteiger partial charge in [0, 0.05) is 6.08 Å². The van der Waals surface area contributed by atoms with Crippen molar-refractivity contribution in [2.45, 2.75) is 19.4 Å². The molecule has 0 spiro atoms. The highest BCUT2D eigenvalue weighted by Gasteiger charge is 2.21. The summed E-state index contributed by atoms with van der Waals surface area (Å²) in [6.07, 6.45) is 2.22. The highest BCUT2D eigenvalue weighted by molar-refractivity contribution is 5.96. The molecule has 0 fully saturated rings. The Morgan fingerprint density at radius 1 is 1.36 bits per heavy atom. The molecule has 22 heavy (non-hydrogen) atoms. The molecule has 0 bridgehead atoms. The van der Waals surface area contributed by atoms with Crippen LogP contribution in [0.25, 0.3) is 0 Å².